The lowest BCUT2D eigenvalue weighted by Crippen LogP contribution is -2.36. The predicted octanol–water partition coefficient (Wildman–Crippen LogP) is 2.09. The third-order valence-electron chi connectivity index (χ3n) is 3.61. The summed E-state index contributed by atoms with van der Waals surface area (Å²) in [5.74, 6) is 0. The Hall–Kier alpha value is -1.18. The first-order valence-electron chi connectivity index (χ1n) is 7.04. The minimum absolute atomic E-state index is 0.355. The van der Waals surface area contributed by atoms with Crippen molar-refractivity contribution in [2.24, 2.45) is 0 Å². The highest BCUT2D eigenvalue weighted by molar-refractivity contribution is 7.89. The summed E-state index contributed by atoms with van der Waals surface area (Å²) in [4.78, 5) is 0.355. The first kappa shape index (κ1) is 16.2. The summed E-state index contributed by atoms with van der Waals surface area (Å²) in [6.45, 7) is 3.03. The molecule has 116 valence electrons. The molecule has 1 saturated heterocycles. The minimum atomic E-state index is -3.43. The van der Waals surface area contributed by atoms with Crippen LogP contribution in [-0.2, 0) is 10.0 Å². The number of nitrogens with zero attached hydrogens (tertiary/aromatic N) is 1. The molecule has 1 aliphatic rings. The molecule has 0 aromatic heterocycles. The molecule has 2 rings (SSSR count). The summed E-state index contributed by atoms with van der Waals surface area (Å²) in [6, 6.07) is 5.29. The molecular weight excluding hydrogens is 306 g/mol. The van der Waals surface area contributed by atoms with Crippen LogP contribution in [0.15, 0.2) is 23.1 Å². The number of piperidine rings is 1. The molecule has 1 aliphatic heterocycles. The summed E-state index contributed by atoms with van der Waals surface area (Å²) in [5.41, 5.74) is 1.43. The molecule has 1 fully saturated rings. The molecule has 1 aromatic rings. The minimum Gasteiger partial charge on any atom is -0.366 e. The molecule has 0 saturated carbocycles. The Morgan fingerprint density at radius 3 is 2.52 bits per heavy atom. The fourth-order valence-electron chi connectivity index (χ4n) is 2.39. The van der Waals surface area contributed by atoms with E-state index in [9.17, 15) is 8.42 Å². The maximum Gasteiger partial charge on any atom is 0.243 e. The number of anilines is 1. The van der Waals surface area contributed by atoms with Crippen molar-refractivity contribution in [3.8, 4) is 0 Å². The number of rotatable bonds is 3. The highest BCUT2D eigenvalue weighted by Gasteiger charge is 2.27. The maximum absolute atomic E-state index is 12.8. The molecule has 2 N–H and O–H groups in total. The molecular formula is C14H21N3O2S2. The molecule has 1 heterocycles. The van der Waals surface area contributed by atoms with Gasteiger partial charge in [-0.25, -0.2) is 8.42 Å². The zero-order valence-corrected chi connectivity index (χ0v) is 14.0. The van der Waals surface area contributed by atoms with Gasteiger partial charge in [-0.05, 0) is 49.7 Å². The molecule has 1 aromatic carbocycles. The summed E-state index contributed by atoms with van der Waals surface area (Å²) >= 11 is 5.05. The quantitative estimate of drug-likeness (QED) is 0.833. The van der Waals surface area contributed by atoms with Gasteiger partial charge in [0.2, 0.25) is 10.0 Å². The topological polar surface area (TPSA) is 61.4 Å². The van der Waals surface area contributed by atoms with E-state index in [2.05, 4.69) is 10.6 Å². The standard InChI is InChI=1S/C14H21N3O2S2/c1-11-6-7-12(16-14(20)15-2)10-13(11)21(18,19)17-8-4-3-5-9-17/h6-7,10H,3-5,8-9H2,1-2H3,(H2,15,16,20). The van der Waals surface area contributed by atoms with Gasteiger partial charge in [0.05, 0.1) is 4.90 Å². The molecule has 0 spiro atoms. The summed E-state index contributed by atoms with van der Waals surface area (Å²) in [6.07, 6.45) is 2.96. The van der Waals surface area contributed by atoms with E-state index >= 15 is 0 Å². The van der Waals surface area contributed by atoms with Crippen LogP contribution in [-0.4, -0.2) is 38.0 Å². The maximum atomic E-state index is 12.8. The van der Waals surface area contributed by atoms with Crippen molar-refractivity contribution in [2.75, 3.05) is 25.5 Å². The van der Waals surface area contributed by atoms with Crippen LogP contribution in [0.1, 0.15) is 24.8 Å². The normalized spacial score (nSPS) is 16.5. The van der Waals surface area contributed by atoms with E-state index in [0.717, 1.165) is 24.8 Å². The Bertz CT molecular complexity index is 623. The van der Waals surface area contributed by atoms with Gasteiger partial charge in [0.1, 0.15) is 0 Å². The molecule has 0 aliphatic carbocycles. The summed E-state index contributed by atoms with van der Waals surface area (Å²) < 4.78 is 27.1. The van der Waals surface area contributed by atoms with E-state index in [4.69, 9.17) is 12.2 Å². The van der Waals surface area contributed by atoms with E-state index in [-0.39, 0.29) is 0 Å². The lowest BCUT2D eigenvalue weighted by Gasteiger charge is -2.26. The third kappa shape index (κ3) is 3.72. The zero-order valence-electron chi connectivity index (χ0n) is 12.3. The molecule has 7 heteroatoms. The molecule has 21 heavy (non-hydrogen) atoms. The monoisotopic (exact) mass is 327 g/mol. The second-order valence-electron chi connectivity index (χ2n) is 5.15. The molecule has 5 nitrogen and oxygen atoms in total. The summed E-state index contributed by atoms with van der Waals surface area (Å²) in [5, 5.41) is 6.24. The molecule has 0 atom stereocenters. The van der Waals surface area contributed by atoms with Crippen molar-refractivity contribution in [2.45, 2.75) is 31.1 Å². The van der Waals surface area contributed by atoms with Gasteiger partial charge in [0.25, 0.3) is 0 Å². The molecule has 0 radical (unpaired) electrons. The Balaban J connectivity index is 2.33. The van der Waals surface area contributed by atoms with Gasteiger partial charge in [-0.1, -0.05) is 12.5 Å². The van der Waals surface area contributed by atoms with Gasteiger partial charge < -0.3 is 10.6 Å². The molecule has 0 bridgehead atoms. The lowest BCUT2D eigenvalue weighted by atomic mass is 10.2. The largest absolute Gasteiger partial charge is 0.366 e. The smallest absolute Gasteiger partial charge is 0.243 e. The SMILES string of the molecule is CNC(=S)Nc1ccc(C)c(S(=O)(=O)N2CCCCC2)c1. The van der Waals surface area contributed by atoms with Gasteiger partial charge in [-0.3, -0.25) is 0 Å². The number of benzene rings is 1. The number of sulfonamides is 1. The van der Waals surface area contributed by atoms with E-state index in [0.29, 0.717) is 28.8 Å². The average Bonchev–Trinajstić information content (AvgIpc) is 2.49. The van der Waals surface area contributed by atoms with Gasteiger partial charge in [-0.15, -0.1) is 0 Å². The Morgan fingerprint density at radius 1 is 1.24 bits per heavy atom. The highest BCUT2D eigenvalue weighted by atomic mass is 32.2. The van der Waals surface area contributed by atoms with Gasteiger partial charge >= 0.3 is 0 Å². The van der Waals surface area contributed by atoms with Crippen molar-refractivity contribution < 1.29 is 8.42 Å². The van der Waals surface area contributed by atoms with E-state index in [1.807, 2.05) is 13.0 Å². The number of hydrogen-bond acceptors (Lipinski definition) is 3. The number of hydrogen-bond donors (Lipinski definition) is 2. The Morgan fingerprint density at radius 2 is 1.90 bits per heavy atom. The lowest BCUT2D eigenvalue weighted by molar-refractivity contribution is 0.346. The number of aryl methyl sites for hydroxylation is 1. The zero-order chi connectivity index (χ0) is 15.5. The Kier molecular flexibility index (Phi) is 5.18. The van der Waals surface area contributed by atoms with Gasteiger partial charge in [0.15, 0.2) is 5.11 Å². The van der Waals surface area contributed by atoms with Crippen molar-refractivity contribution in [3.63, 3.8) is 0 Å². The average molecular weight is 327 g/mol. The van der Waals surface area contributed by atoms with Crippen LogP contribution in [0.5, 0.6) is 0 Å². The van der Waals surface area contributed by atoms with Crippen LogP contribution in [0.25, 0.3) is 0 Å². The van der Waals surface area contributed by atoms with Crippen molar-refractivity contribution in [3.05, 3.63) is 23.8 Å². The second kappa shape index (κ2) is 6.72. The fraction of sp³-hybridized carbons (Fsp3) is 0.500. The first-order valence-corrected chi connectivity index (χ1v) is 8.89. The molecule has 0 amide bonds. The van der Waals surface area contributed by atoms with Crippen molar-refractivity contribution in [1.82, 2.24) is 9.62 Å². The fourth-order valence-corrected chi connectivity index (χ4v) is 4.28. The summed E-state index contributed by atoms with van der Waals surface area (Å²) in [7, 11) is -1.71. The van der Waals surface area contributed by atoms with Crippen LogP contribution in [0.2, 0.25) is 0 Å². The van der Waals surface area contributed by atoms with Crippen LogP contribution < -0.4 is 10.6 Å². The van der Waals surface area contributed by atoms with Crippen LogP contribution in [0.4, 0.5) is 5.69 Å². The first-order chi connectivity index (χ1) is 9.95. The van der Waals surface area contributed by atoms with Crippen LogP contribution >= 0.6 is 12.2 Å². The van der Waals surface area contributed by atoms with Crippen molar-refractivity contribution in [1.29, 1.82) is 0 Å². The van der Waals surface area contributed by atoms with Crippen LogP contribution in [0.3, 0.4) is 0 Å². The Labute approximate surface area is 131 Å². The van der Waals surface area contributed by atoms with Gasteiger partial charge in [-0.2, -0.15) is 4.31 Å². The van der Waals surface area contributed by atoms with Crippen molar-refractivity contribution >= 4 is 33.0 Å². The number of thiocarbonyl (C=S) groups is 1. The second-order valence-corrected chi connectivity index (χ2v) is 7.46. The molecule has 0 unspecified atom stereocenters. The van der Waals surface area contributed by atoms with E-state index in [1.165, 1.54) is 0 Å². The highest BCUT2D eigenvalue weighted by Crippen LogP contribution is 2.25. The van der Waals surface area contributed by atoms with Gasteiger partial charge in [0, 0.05) is 25.8 Å². The van der Waals surface area contributed by atoms with Crippen LogP contribution in [0, 0.1) is 6.92 Å². The number of nitrogens with one attached hydrogen (secondary N) is 2. The van der Waals surface area contributed by atoms with E-state index in [1.54, 1.807) is 23.5 Å². The predicted molar refractivity (Wildman–Crippen MR) is 89.1 cm³/mol. The third-order valence-corrected chi connectivity index (χ3v) is 5.95. The van der Waals surface area contributed by atoms with E-state index < -0.39 is 10.0 Å².